The third-order valence-corrected chi connectivity index (χ3v) is 3.37. The number of anilines is 1. The Balaban J connectivity index is 2.08. The van der Waals surface area contributed by atoms with E-state index < -0.39 is 0 Å². The predicted molar refractivity (Wildman–Crippen MR) is 74.2 cm³/mol. The maximum absolute atomic E-state index is 11.3. The molecule has 90 valence electrons. The van der Waals surface area contributed by atoms with Gasteiger partial charge < -0.3 is 5.32 Å². The van der Waals surface area contributed by atoms with Crippen LogP contribution in [0.5, 0.6) is 0 Å². The monoisotopic (exact) mass is 277 g/mol. The van der Waals surface area contributed by atoms with Crippen LogP contribution in [0.2, 0.25) is 10.0 Å². The summed E-state index contributed by atoms with van der Waals surface area (Å²) in [4.78, 5) is 11.3. The van der Waals surface area contributed by atoms with Crippen molar-refractivity contribution in [2.75, 3.05) is 5.32 Å². The van der Waals surface area contributed by atoms with E-state index in [1.165, 1.54) is 0 Å². The zero-order chi connectivity index (χ0) is 12.7. The van der Waals surface area contributed by atoms with Gasteiger partial charge in [0, 0.05) is 15.7 Å². The summed E-state index contributed by atoms with van der Waals surface area (Å²) in [6.07, 6.45) is 0.450. The summed E-state index contributed by atoms with van der Waals surface area (Å²) in [5.41, 5.74) is 3.82. The van der Waals surface area contributed by atoms with Crippen LogP contribution >= 0.6 is 23.2 Å². The van der Waals surface area contributed by atoms with Gasteiger partial charge in [-0.15, -0.1) is 0 Å². The maximum atomic E-state index is 11.3. The first-order chi connectivity index (χ1) is 8.61. The molecule has 0 aliphatic carbocycles. The highest BCUT2D eigenvalue weighted by Crippen LogP contribution is 2.32. The van der Waals surface area contributed by atoms with Crippen molar-refractivity contribution in [1.29, 1.82) is 0 Å². The quantitative estimate of drug-likeness (QED) is 0.834. The van der Waals surface area contributed by atoms with E-state index in [0.29, 0.717) is 16.5 Å². The first-order valence-electron chi connectivity index (χ1n) is 5.51. The molecule has 18 heavy (non-hydrogen) atoms. The van der Waals surface area contributed by atoms with E-state index in [0.717, 1.165) is 22.4 Å². The van der Waals surface area contributed by atoms with Crippen molar-refractivity contribution in [3.63, 3.8) is 0 Å². The van der Waals surface area contributed by atoms with Crippen LogP contribution in [0.4, 0.5) is 5.69 Å². The van der Waals surface area contributed by atoms with Crippen LogP contribution in [-0.2, 0) is 11.2 Å². The fourth-order valence-corrected chi connectivity index (χ4v) is 2.64. The van der Waals surface area contributed by atoms with Crippen LogP contribution in [0.15, 0.2) is 36.4 Å². The maximum Gasteiger partial charge on any atom is 0.228 e. The first kappa shape index (κ1) is 11.6. The smallest absolute Gasteiger partial charge is 0.228 e. The van der Waals surface area contributed by atoms with E-state index in [-0.39, 0.29) is 5.91 Å². The SMILES string of the molecule is O=C1Cc2ccc(-c3cc(Cl)cc(Cl)c3)cc2N1. The molecule has 0 radical (unpaired) electrons. The van der Waals surface area contributed by atoms with Crippen molar-refractivity contribution >= 4 is 34.8 Å². The molecule has 2 nitrogen and oxygen atoms in total. The predicted octanol–water partition coefficient (Wildman–Crippen LogP) is 4.16. The highest BCUT2D eigenvalue weighted by molar-refractivity contribution is 6.35. The summed E-state index contributed by atoms with van der Waals surface area (Å²) in [6.45, 7) is 0. The molecule has 1 amide bonds. The zero-order valence-corrected chi connectivity index (χ0v) is 10.8. The second-order valence-electron chi connectivity index (χ2n) is 4.26. The van der Waals surface area contributed by atoms with Gasteiger partial charge in [0.25, 0.3) is 0 Å². The Kier molecular flexibility index (Phi) is 2.77. The van der Waals surface area contributed by atoms with Gasteiger partial charge in [-0.25, -0.2) is 0 Å². The van der Waals surface area contributed by atoms with Crippen molar-refractivity contribution in [2.24, 2.45) is 0 Å². The molecule has 0 fully saturated rings. The minimum absolute atomic E-state index is 0.0336. The molecule has 1 N–H and O–H groups in total. The lowest BCUT2D eigenvalue weighted by Crippen LogP contribution is -2.03. The average Bonchev–Trinajstić information content (AvgIpc) is 2.66. The lowest BCUT2D eigenvalue weighted by atomic mass is 10.0. The minimum Gasteiger partial charge on any atom is -0.326 e. The van der Waals surface area contributed by atoms with E-state index in [1.54, 1.807) is 6.07 Å². The Morgan fingerprint density at radius 3 is 2.39 bits per heavy atom. The van der Waals surface area contributed by atoms with Crippen LogP contribution in [0, 0.1) is 0 Å². The second-order valence-corrected chi connectivity index (χ2v) is 5.13. The van der Waals surface area contributed by atoms with Gasteiger partial charge in [-0.2, -0.15) is 0 Å². The van der Waals surface area contributed by atoms with Crippen molar-refractivity contribution < 1.29 is 4.79 Å². The number of carbonyl (C=O) groups is 1. The van der Waals surface area contributed by atoms with Crippen LogP contribution in [-0.4, -0.2) is 5.91 Å². The lowest BCUT2D eigenvalue weighted by molar-refractivity contribution is -0.115. The average molecular weight is 278 g/mol. The molecular weight excluding hydrogens is 269 g/mol. The van der Waals surface area contributed by atoms with Gasteiger partial charge >= 0.3 is 0 Å². The van der Waals surface area contributed by atoms with Crippen LogP contribution < -0.4 is 5.32 Å². The number of hydrogen-bond donors (Lipinski definition) is 1. The zero-order valence-electron chi connectivity index (χ0n) is 9.34. The number of amides is 1. The molecule has 2 aromatic rings. The van der Waals surface area contributed by atoms with Gasteiger partial charge in [0.15, 0.2) is 0 Å². The number of nitrogens with one attached hydrogen (secondary N) is 1. The van der Waals surface area contributed by atoms with Crippen LogP contribution in [0.25, 0.3) is 11.1 Å². The van der Waals surface area contributed by atoms with Crippen molar-refractivity contribution in [3.8, 4) is 11.1 Å². The molecular formula is C14H9Cl2NO. The van der Waals surface area contributed by atoms with E-state index in [4.69, 9.17) is 23.2 Å². The summed E-state index contributed by atoms with van der Waals surface area (Å²) in [5, 5.41) is 4.03. The molecule has 0 spiro atoms. The summed E-state index contributed by atoms with van der Waals surface area (Å²) in [6, 6.07) is 11.3. The summed E-state index contributed by atoms with van der Waals surface area (Å²) < 4.78 is 0. The molecule has 1 aliphatic heterocycles. The number of fused-ring (bicyclic) bond motifs is 1. The Hall–Kier alpha value is -1.51. The third kappa shape index (κ3) is 2.09. The molecule has 1 aliphatic rings. The number of benzene rings is 2. The molecule has 2 aromatic carbocycles. The normalized spacial score (nSPS) is 13.3. The Morgan fingerprint density at radius 2 is 1.67 bits per heavy atom. The molecule has 3 rings (SSSR count). The molecule has 0 saturated carbocycles. The number of halogens is 2. The Morgan fingerprint density at radius 1 is 0.944 bits per heavy atom. The minimum atomic E-state index is 0.0336. The number of carbonyl (C=O) groups excluding carboxylic acids is 1. The van der Waals surface area contributed by atoms with Crippen LogP contribution in [0.1, 0.15) is 5.56 Å². The van der Waals surface area contributed by atoms with Gasteiger partial charge in [0.1, 0.15) is 0 Å². The van der Waals surface area contributed by atoms with Crippen molar-refractivity contribution in [2.45, 2.75) is 6.42 Å². The van der Waals surface area contributed by atoms with E-state index in [9.17, 15) is 4.79 Å². The second kappa shape index (κ2) is 4.30. The highest BCUT2D eigenvalue weighted by Gasteiger charge is 2.17. The summed E-state index contributed by atoms with van der Waals surface area (Å²) in [5.74, 6) is 0.0336. The Bertz CT molecular complexity index is 632. The van der Waals surface area contributed by atoms with E-state index in [2.05, 4.69) is 5.32 Å². The third-order valence-electron chi connectivity index (χ3n) is 2.93. The lowest BCUT2D eigenvalue weighted by Gasteiger charge is -2.06. The van der Waals surface area contributed by atoms with Crippen molar-refractivity contribution in [1.82, 2.24) is 0 Å². The number of rotatable bonds is 1. The summed E-state index contributed by atoms with van der Waals surface area (Å²) in [7, 11) is 0. The molecule has 1 heterocycles. The van der Waals surface area contributed by atoms with Gasteiger partial charge in [-0.3, -0.25) is 4.79 Å². The fourth-order valence-electron chi connectivity index (χ4n) is 2.11. The molecule has 0 unspecified atom stereocenters. The topological polar surface area (TPSA) is 29.1 Å². The highest BCUT2D eigenvalue weighted by atomic mass is 35.5. The van der Waals surface area contributed by atoms with Gasteiger partial charge in [-0.1, -0.05) is 35.3 Å². The standard InChI is InChI=1S/C14H9Cl2NO/c15-11-3-10(4-12(16)7-11)8-1-2-9-6-14(18)17-13(9)5-8/h1-5,7H,6H2,(H,17,18). The summed E-state index contributed by atoms with van der Waals surface area (Å²) >= 11 is 12.0. The van der Waals surface area contributed by atoms with Gasteiger partial charge in [0.2, 0.25) is 5.91 Å². The molecule has 0 aromatic heterocycles. The van der Waals surface area contributed by atoms with Crippen molar-refractivity contribution in [3.05, 3.63) is 52.0 Å². The van der Waals surface area contributed by atoms with Gasteiger partial charge in [-0.05, 0) is 41.0 Å². The number of hydrogen-bond acceptors (Lipinski definition) is 1. The molecule has 4 heteroatoms. The van der Waals surface area contributed by atoms with E-state index >= 15 is 0 Å². The van der Waals surface area contributed by atoms with E-state index in [1.807, 2.05) is 30.3 Å². The molecule has 0 bridgehead atoms. The largest absolute Gasteiger partial charge is 0.326 e. The molecule has 0 saturated heterocycles. The first-order valence-corrected chi connectivity index (χ1v) is 6.27. The van der Waals surface area contributed by atoms with Gasteiger partial charge in [0.05, 0.1) is 6.42 Å². The fraction of sp³-hybridized carbons (Fsp3) is 0.0714. The molecule has 0 atom stereocenters. The van der Waals surface area contributed by atoms with Crippen LogP contribution in [0.3, 0.4) is 0 Å². The Labute approximate surface area is 115 Å².